The average Bonchev–Trinajstić information content (AvgIpc) is 2.14. The fraction of sp³-hybridized carbons (Fsp3) is 0.636. The molecular formula is C11H19N3. The van der Waals surface area contributed by atoms with Crippen molar-refractivity contribution in [1.82, 2.24) is 15.3 Å². The minimum absolute atomic E-state index is 0.101. The van der Waals surface area contributed by atoms with Crippen molar-refractivity contribution in [2.75, 3.05) is 6.54 Å². The van der Waals surface area contributed by atoms with Crippen LogP contribution in [0.3, 0.4) is 0 Å². The normalized spacial score (nSPS) is 11.7. The summed E-state index contributed by atoms with van der Waals surface area (Å²) in [6.45, 7) is 10.3. The third-order valence-electron chi connectivity index (χ3n) is 2.01. The predicted octanol–water partition coefficient (Wildman–Crippen LogP) is 1.88. The van der Waals surface area contributed by atoms with Crippen LogP contribution in [-0.2, 0) is 12.0 Å². The minimum atomic E-state index is 0.101. The molecule has 0 saturated heterocycles. The smallest absolute Gasteiger partial charge is 0.142 e. The Balaban J connectivity index is 2.79. The van der Waals surface area contributed by atoms with Gasteiger partial charge in [0.05, 0.1) is 6.54 Å². The zero-order chi connectivity index (χ0) is 10.6. The van der Waals surface area contributed by atoms with Crippen molar-refractivity contribution in [3.05, 3.63) is 23.8 Å². The Morgan fingerprint density at radius 1 is 1.36 bits per heavy atom. The fourth-order valence-corrected chi connectivity index (χ4v) is 1.14. The zero-order valence-corrected chi connectivity index (χ0v) is 9.46. The molecular weight excluding hydrogens is 174 g/mol. The van der Waals surface area contributed by atoms with Crippen LogP contribution in [0, 0.1) is 0 Å². The van der Waals surface area contributed by atoms with Gasteiger partial charge in [-0.3, -0.25) is 0 Å². The molecule has 0 aliphatic rings. The van der Waals surface area contributed by atoms with Crippen molar-refractivity contribution in [2.24, 2.45) is 0 Å². The molecule has 0 aliphatic heterocycles. The van der Waals surface area contributed by atoms with Crippen LogP contribution < -0.4 is 5.32 Å². The molecule has 1 N–H and O–H groups in total. The second-order valence-electron chi connectivity index (χ2n) is 4.39. The summed E-state index contributed by atoms with van der Waals surface area (Å²) >= 11 is 0. The molecule has 0 atom stereocenters. The van der Waals surface area contributed by atoms with Gasteiger partial charge in [-0.15, -0.1) is 0 Å². The van der Waals surface area contributed by atoms with E-state index in [0.29, 0.717) is 0 Å². The van der Waals surface area contributed by atoms with Crippen molar-refractivity contribution in [3.63, 3.8) is 0 Å². The number of nitrogens with one attached hydrogen (secondary N) is 1. The van der Waals surface area contributed by atoms with Gasteiger partial charge in [-0.1, -0.05) is 27.7 Å². The van der Waals surface area contributed by atoms with E-state index < -0.39 is 0 Å². The molecule has 0 amide bonds. The van der Waals surface area contributed by atoms with Gasteiger partial charge < -0.3 is 5.32 Å². The first kappa shape index (κ1) is 11.1. The van der Waals surface area contributed by atoms with Gasteiger partial charge in [0.1, 0.15) is 5.82 Å². The highest BCUT2D eigenvalue weighted by molar-refractivity contribution is 5.12. The van der Waals surface area contributed by atoms with Gasteiger partial charge >= 0.3 is 0 Å². The Kier molecular flexibility index (Phi) is 3.58. The maximum Gasteiger partial charge on any atom is 0.142 e. The second kappa shape index (κ2) is 4.51. The molecule has 0 aromatic carbocycles. The second-order valence-corrected chi connectivity index (χ2v) is 4.39. The van der Waals surface area contributed by atoms with E-state index in [1.165, 1.54) is 0 Å². The molecule has 1 aromatic heterocycles. The SMILES string of the molecule is CCNCc1nccc(C(C)(C)C)n1. The van der Waals surface area contributed by atoms with Gasteiger partial charge in [-0.25, -0.2) is 9.97 Å². The molecule has 1 rings (SSSR count). The van der Waals surface area contributed by atoms with Gasteiger partial charge in [-0.05, 0) is 12.6 Å². The van der Waals surface area contributed by atoms with E-state index in [4.69, 9.17) is 0 Å². The summed E-state index contributed by atoms with van der Waals surface area (Å²) < 4.78 is 0. The average molecular weight is 193 g/mol. The quantitative estimate of drug-likeness (QED) is 0.796. The summed E-state index contributed by atoms with van der Waals surface area (Å²) in [5.41, 5.74) is 1.20. The fourth-order valence-electron chi connectivity index (χ4n) is 1.14. The van der Waals surface area contributed by atoms with Crippen LogP contribution in [0.5, 0.6) is 0 Å². The Labute approximate surface area is 86.0 Å². The summed E-state index contributed by atoms with van der Waals surface area (Å²) in [6.07, 6.45) is 1.83. The Bertz CT molecular complexity index is 289. The van der Waals surface area contributed by atoms with Crippen molar-refractivity contribution < 1.29 is 0 Å². The molecule has 78 valence electrons. The lowest BCUT2D eigenvalue weighted by atomic mass is 9.92. The molecule has 1 heterocycles. The van der Waals surface area contributed by atoms with Crippen LogP contribution in [0.15, 0.2) is 12.3 Å². The van der Waals surface area contributed by atoms with Gasteiger partial charge in [0, 0.05) is 17.3 Å². The molecule has 0 aliphatic carbocycles. The molecule has 0 radical (unpaired) electrons. The molecule has 1 aromatic rings. The largest absolute Gasteiger partial charge is 0.310 e. The van der Waals surface area contributed by atoms with Crippen LogP contribution in [0.4, 0.5) is 0 Å². The van der Waals surface area contributed by atoms with Crippen LogP contribution in [0.1, 0.15) is 39.2 Å². The maximum atomic E-state index is 4.51. The first-order valence-corrected chi connectivity index (χ1v) is 5.07. The molecule has 0 bridgehead atoms. The zero-order valence-electron chi connectivity index (χ0n) is 9.46. The van der Waals surface area contributed by atoms with E-state index >= 15 is 0 Å². The van der Waals surface area contributed by atoms with Crippen LogP contribution >= 0.6 is 0 Å². The Morgan fingerprint density at radius 2 is 2.07 bits per heavy atom. The lowest BCUT2D eigenvalue weighted by molar-refractivity contribution is 0.557. The van der Waals surface area contributed by atoms with Gasteiger partial charge in [0.2, 0.25) is 0 Å². The van der Waals surface area contributed by atoms with Crippen molar-refractivity contribution in [1.29, 1.82) is 0 Å². The number of nitrogens with zero attached hydrogens (tertiary/aromatic N) is 2. The highest BCUT2D eigenvalue weighted by atomic mass is 15.0. The van der Waals surface area contributed by atoms with Crippen molar-refractivity contribution in [3.8, 4) is 0 Å². The minimum Gasteiger partial charge on any atom is -0.310 e. The van der Waals surface area contributed by atoms with E-state index in [-0.39, 0.29) is 5.41 Å². The van der Waals surface area contributed by atoms with Gasteiger partial charge in [0.15, 0.2) is 0 Å². The maximum absolute atomic E-state index is 4.51. The monoisotopic (exact) mass is 193 g/mol. The first-order chi connectivity index (χ1) is 6.54. The van der Waals surface area contributed by atoms with E-state index in [9.17, 15) is 0 Å². The molecule has 14 heavy (non-hydrogen) atoms. The van der Waals surface area contributed by atoms with E-state index in [1.54, 1.807) is 0 Å². The van der Waals surface area contributed by atoms with Crippen molar-refractivity contribution in [2.45, 2.75) is 39.7 Å². The highest BCUT2D eigenvalue weighted by Gasteiger charge is 2.15. The summed E-state index contributed by atoms with van der Waals surface area (Å²) in [6, 6.07) is 1.98. The number of aromatic nitrogens is 2. The molecule has 0 fully saturated rings. The molecule has 0 saturated carbocycles. The third-order valence-corrected chi connectivity index (χ3v) is 2.01. The lowest BCUT2D eigenvalue weighted by Gasteiger charge is -2.17. The Morgan fingerprint density at radius 3 is 2.64 bits per heavy atom. The molecule has 3 nitrogen and oxygen atoms in total. The predicted molar refractivity (Wildman–Crippen MR) is 58.1 cm³/mol. The van der Waals surface area contributed by atoms with Gasteiger partial charge in [-0.2, -0.15) is 0 Å². The Hall–Kier alpha value is -0.960. The van der Waals surface area contributed by atoms with E-state index in [2.05, 4.69) is 43.0 Å². The standard InChI is InChI=1S/C11H19N3/c1-5-12-8-10-13-7-6-9(14-10)11(2,3)4/h6-7,12H,5,8H2,1-4H3. The number of rotatable bonds is 3. The van der Waals surface area contributed by atoms with E-state index in [0.717, 1.165) is 24.6 Å². The van der Waals surface area contributed by atoms with Crippen LogP contribution in [0.2, 0.25) is 0 Å². The third kappa shape index (κ3) is 3.07. The lowest BCUT2D eigenvalue weighted by Crippen LogP contribution is -2.18. The van der Waals surface area contributed by atoms with Crippen LogP contribution in [-0.4, -0.2) is 16.5 Å². The number of hydrogen-bond donors (Lipinski definition) is 1. The van der Waals surface area contributed by atoms with E-state index in [1.807, 2.05) is 12.3 Å². The molecule has 0 spiro atoms. The molecule has 3 heteroatoms. The summed E-state index contributed by atoms with van der Waals surface area (Å²) in [7, 11) is 0. The summed E-state index contributed by atoms with van der Waals surface area (Å²) in [5.74, 6) is 0.874. The highest BCUT2D eigenvalue weighted by Crippen LogP contribution is 2.18. The topological polar surface area (TPSA) is 37.8 Å². The summed E-state index contributed by atoms with van der Waals surface area (Å²) in [4.78, 5) is 8.72. The van der Waals surface area contributed by atoms with Crippen LogP contribution in [0.25, 0.3) is 0 Å². The number of hydrogen-bond acceptors (Lipinski definition) is 3. The van der Waals surface area contributed by atoms with Crippen molar-refractivity contribution >= 4 is 0 Å². The first-order valence-electron chi connectivity index (χ1n) is 5.07. The van der Waals surface area contributed by atoms with Gasteiger partial charge in [0.25, 0.3) is 0 Å². The molecule has 0 unspecified atom stereocenters. The summed E-state index contributed by atoms with van der Waals surface area (Å²) in [5, 5.41) is 3.22.